The van der Waals surface area contributed by atoms with Crippen molar-refractivity contribution in [3.05, 3.63) is 109 Å². The molecule has 0 radical (unpaired) electrons. The van der Waals surface area contributed by atoms with Gasteiger partial charge in [-0.3, -0.25) is 28.7 Å². The molecule has 1 atom stereocenters. The van der Waals surface area contributed by atoms with Gasteiger partial charge in [0.1, 0.15) is 22.7 Å². The van der Waals surface area contributed by atoms with Crippen molar-refractivity contribution in [2.24, 2.45) is 4.99 Å². The third-order valence-corrected chi connectivity index (χ3v) is 11.3. The number of carbonyl (C=O) groups is 1. The second-order valence-corrected chi connectivity index (χ2v) is 15.8. The van der Waals surface area contributed by atoms with Gasteiger partial charge in [-0.05, 0) is 69.0 Å². The first kappa shape index (κ1) is 42.6. The van der Waals surface area contributed by atoms with E-state index >= 15 is 0 Å². The fraction of sp³-hybridized carbons (Fsp3) is 0.390. The largest absolute Gasteiger partial charge is 0.379 e. The number of ether oxygens (including phenoxy) is 3. The molecular formula is C41H47ClFN11O5S. The van der Waals surface area contributed by atoms with Gasteiger partial charge in [-0.15, -0.1) is 21.5 Å². The minimum atomic E-state index is -0.534. The highest BCUT2D eigenvalue weighted by Gasteiger charge is 2.32. The number of halogens is 2. The summed E-state index contributed by atoms with van der Waals surface area (Å²) in [7, 11) is 0. The molecule has 0 bridgehead atoms. The first-order valence-electron chi connectivity index (χ1n) is 19.7. The van der Waals surface area contributed by atoms with Gasteiger partial charge in [0, 0.05) is 47.3 Å². The smallest absolute Gasteiger partial charge is 0.280 e. The second-order valence-electron chi connectivity index (χ2n) is 14.2. The number of imidazole rings is 1. The van der Waals surface area contributed by atoms with Crippen LogP contribution in [0, 0.1) is 26.6 Å². The molecule has 316 valence electrons. The van der Waals surface area contributed by atoms with E-state index in [4.69, 9.17) is 36.5 Å². The zero-order chi connectivity index (χ0) is 42.2. The van der Waals surface area contributed by atoms with Gasteiger partial charge in [-0.1, -0.05) is 35.9 Å². The van der Waals surface area contributed by atoms with Crippen LogP contribution in [0.1, 0.15) is 64.1 Å². The van der Waals surface area contributed by atoms with Crippen molar-refractivity contribution in [3.8, 4) is 5.00 Å². The van der Waals surface area contributed by atoms with Crippen LogP contribution < -0.4 is 21.9 Å². The highest BCUT2D eigenvalue weighted by molar-refractivity contribution is 7.15. The van der Waals surface area contributed by atoms with Crippen LogP contribution in [0.4, 0.5) is 16.3 Å². The molecule has 2 aromatic carbocycles. The minimum absolute atomic E-state index is 0.0173. The summed E-state index contributed by atoms with van der Waals surface area (Å²) in [4.78, 5) is 43.2. The lowest BCUT2D eigenvalue weighted by Crippen LogP contribution is -2.27. The van der Waals surface area contributed by atoms with E-state index in [9.17, 15) is 14.0 Å². The minimum Gasteiger partial charge on any atom is -0.379 e. The number of aromatic amines is 1. The molecule has 7 rings (SSSR count). The third kappa shape index (κ3) is 10.1. The van der Waals surface area contributed by atoms with Crippen molar-refractivity contribution in [2.45, 2.75) is 52.6 Å². The molecule has 6 aromatic rings. The number of nitrogens with one attached hydrogen (secondary N) is 3. The number of amides is 1. The van der Waals surface area contributed by atoms with Crippen LogP contribution >= 0.6 is 22.9 Å². The zero-order valence-electron chi connectivity index (χ0n) is 33.6. The molecule has 0 fully saturated rings. The fourth-order valence-corrected chi connectivity index (χ4v) is 8.12. The molecule has 1 aliphatic heterocycles. The summed E-state index contributed by atoms with van der Waals surface area (Å²) in [5, 5.41) is 16.7. The van der Waals surface area contributed by atoms with Crippen molar-refractivity contribution >= 4 is 57.6 Å². The molecule has 5 N–H and O–H groups in total. The molecule has 0 saturated carbocycles. The van der Waals surface area contributed by atoms with E-state index in [-0.39, 0.29) is 29.6 Å². The lowest BCUT2D eigenvalue weighted by atomic mass is 9.99. The molecule has 60 heavy (non-hydrogen) atoms. The number of aliphatic imine (C=N–C) groups is 1. The predicted molar refractivity (Wildman–Crippen MR) is 229 cm³/mol. The summed E-state index contributed by atoms with van der Waals surface area (Å²) < 4.78 is 34.3. The van der Waals surface area contributed by atoms with Crippen molar-refractivity contribution in [2.75, 3.05) is 63.8 Å². The van der Waals surface area contributed by atoms with Crippen LogP contribution in [0.3, 0.4) is 0 Å². The average molecular weight is 860 g/mol. The highest BCUT2D eigenvalue weighted by Crippen LogP contribution is 2.39. The van der Waals surface area contributed by atoms with Gasteiger partial charge in [0.05, 0.1) is 45.1 Å². The molecule has 0 saturated heterocycles. The molecule has 1 amide bonds. The zero-order valence-corrected chi connectivity index (χ0v) is 35.2. The van der Waals surface area contributed by atoms with Crippen LogP contribution in [-0.2, 0) is 25.5 Å². The van der Waals surface area contributed by atoms with Crippen LogP contribution in [-0.4, -0.2) is 98.6 Å². The Hall–Kier alpha value is -5.53. The highest BCUT2D eigenvalue weighted by atomic mass is 35.5. The van der Waals surface area contributed by atoms with Crippen molar-refractivity contribution in [1.29, 1.82) is 0 Å². The van der Waals surface area contributed by atoms with E-state index in [0.29, 0.717) is 94.6 Å². The monoisotopic (exact) mass is 859 g/mol. The number of anilines is 2. The van der Waals surface area contributed by atoms with Gasteiger partial charge in [-0.2, -0.15) is 4.98 Å². The van der Waals surface area contributed by atoms with Crippen LogP contribution in [0.15, 0.2) is 58.3 Å². The number of nitrogen functional groups attached to an aromatic ring is 1. The first-order valence-corrected chi connectivity index (χ1v) is 20.9. The summed E-state index contributed by atoms with van der Waals surface area (Å²) in [5.41, 5.74) is 10.5. The number of benzene rings is 2. The van der Waals surface area contributed by atoms with E-state index in [2.05, 4.69) is 49.6 Å². The number of aromatic nitrogens is 7. The molecule has 5 heterocycles. The number of H-pyrrole nitrogens is 1. The Morgan fingerprint density at radius 1 is 0.933 bits per heavy atom. The number of hydrogen-bond acceptors (Lipinski definition) is 13. The number of nitrogens with zero attached hydrogens (tertiary/aromatic N) is 7. The maximum atomic E-state index is 13.5. The van der Waals surface area contributed by atoms with Gasteiger partial charge in [-0.25, -0.2) is 9.37 Å². The van der Waals surface area contributed by atoms with Gasteiger partial charge in [0.25, 0.3) is 5.56 Å². The summed E-state index contributed by atoms with van der Waals surface area (Å²) in [5.74, 6) is 1.33. The molecule has 19 heteroatoms. The van der Waals surface area contributed by atoms with Crippen molar-refractivity contribution < 1.29 is 23.4 Å². The average Bonchev–Trinajstić information content (AvgIpc) is 3.84. The Balaban J connectivity index is 0.781. The van der Waals surface area contributed by atoms with Gasteiger partial charge in [0.2, 0.25) is 17.8 Å². The summed E-state index contributed by atoms with van der Waals surface area (Å²) >= 11 is 7.89. The third-order valence-electron chi connectivity index (χ3n) is 9.89. The standard InChI is InChI=1S/C41H47ClFN11O5S/c1-24-25(2)60-39-33(24)34(28-8-10-29(42)11-9-28)47-31(36-52-51-26(3)54(36)39)22-32(55)45-14-4-16-57-18-20-59-21-19-58-17-5-15-46-41-48-35-37(49-40(44)50-38(35)56)53(41)23-27-6-12-30(43)13-7-27/h6-13,31H,4-5,14-23H2,1-3H3,(H,45,55)(H,46,48)(H3,44,49,50,56)/t31-/m0/s1. The van der Waals surface area contributed by atoms with Crippen LogP contribution in [0.25, 0.3) is 16.2 Å². The van der Waals surface area contributed by atoms with Crippen LogP contribution in [0.5, 0.6) is 0 Å². The fourth-order valence-electron chi connectivity index (χ4n) is 6.78. The molecule has 0 aliphatic carbocycles. The Kier molecular flexibility index (Phi) is 14.0. The maximum absolute atomic E-state index is 13.5. The Bertz CT molecular complexity index is 2520. The maximum Gasteiger partial charge on any atom is 0.280 e. The van der Waals surface area contributed by atoms with Crippen LogP contribution in [0.2, 0.25) is 5.02 Å². The lowest BCUT2D eigenvalue weighted by Gasteiger charge is -2.13. The van der Waals surface area contributed by atoms with E-state index in [1.165, 1.54) is 17.0 Å². The molecule has 1 aliphatic rings. The number of fused-ring (bicyclic) bond motifs is 4. The predicted octanol–water partition coefficient (Wildman–Crippen LogP) is 5.45. The van der Waals surface area contributed by atoms with E-state index in [1.807, 2.05) is 35.8 Å². The van der Waals surface area contributed by atoms with E-state index in [1.54, 1.807) is 28.0 Å². The number of aryl methyl sites for hydroxylation is 2. The molecule has 0 unspecified atom stereocenters. The molecule has 0 spiro atoms. The van der Waals surface area contributed by atoms with Gasteiger partial charge >= 0.3 is 0 Å². The SMILES string of the molecule is Cc1sc2c(c1C)C(c1ccc(Cl)cc1)=N[C@@H](CC(=O)NCCCOCCOCCOCCCNc1nc3c(=O)[nH]c(N)nc3n1Cc1ccc(F)cc1)c1nnc(C)n1-2. The van der Waals surface area contributed by atoms with Crippen molar-refractivity contribution in [3.63, 3.8) is 0 Å². The second kappa shape index (κ2) is 19.7. The Morgan fingerprint density at radius 3 is 2.33 bits per heavy atom. The topological polar surface area (TPSA) is 201 Å². The molecule has 16 nitrogen and oxygen atoms in total. The lowest BCUT2D eigenvalue weighted by molar-refractivity contribution is -0.121. The normalized spacial score (nSPS) is 13.6. The van der Waals surface area contributed by atoms with E-state index in [0.717, 1.165) is 38.8 Å². The summed E-state index contributed by atoms with van der Waals surface area (Å²) in [6.07, 6.45) is 1.43. The number of hydrogen-bond donors (Lipinski definition) is 4. The Labute approximate surface area is 354 Å². The Morgan fingerprint density at radius 2 is 1.62 bits per heavy atom. The van der Waals surface area contributed by atoms with Gasteiger partial charge < -0.3 is 30.6 Å². The number of carbonyl (C=O) groups excluding carboxylic acids is 1. The number of nitrogens with two attached hydrogens (primary N) is 1. The van der Waals surface area contributed by atoms with Crippen molar-refractivity contribution in [1.82, 2.24) is 39.6 Å². The number of thiophene rings is 1. The molecule has 4 aromatic heterocycles. The van der Waals surface area contributed by atoms with E-state index < -0.39 is 11.6 Å². The quantitative estimate of drug-likeness (QED) is 0.0712. The summed E-state index contributed by atoms with van der Waals surface area (Å²) in [6, 6.07) is 13.2. The summed E-state index contributed by atoms with van der Waals surface area (Å²) in [6.45, 7) is 10.0. The van der Waals surface area contributed by atoms with Gasteiger partial charge in [0.15, 0.2) is 17.0 Å². The number of rotatable bonds is 20. The first-order chi connectivity index (χ1) is 29.1. The molecular weight excluding hydrogens is 813 g/mol.